The first-order valence-corrected chi connectivity index (χ1v) is 8.31. The van der Waals surface area contributed by atoms with Crippen molar-refractivity contribution in [3.63, 3.8) is 0 Å². The number of fused-ring (bicyclic) bond motifs is 1. The van der Waals surface area contributed by atoms with Gasteiger partial charge in [0, 0.05) is 4.70 Å². The molecule has 1 heterocycles. The van der Waals surface area contributed by atoms with E-state index in [9.17, 15) is 14.7 Å². The monoisotopic (exact) mass is 335 g/mol. The fraction of sp³-hybridized carbons (Fsp3) is 0.412. The fourth-order valence-electron chi connectivity index (χ4n) is 2.43. The summed E-state index contributed by atoms with van der Waals surface area (Å²) in [5.74, 6) is -0.747. The van der Waals surface area contributed by atoms with Crippen molar-refractivity contribution < 1.29 is 19.4 Å². The van der Waals surface area contributed by atoms with Gasteiger partial charge in [-0.3, -0.25) is 4.79 Å². The van der Waals surface area contributed by atoms with E-state index < -0.39 is 12.0 Å². The van der Waals surface area contributed by atoms with Crippen LogP contribution < -0.4 is 10.1 Å². The van der Waals surface area contributed by atoms with E-state index in [1.165, 1.54) is 11.3 Å². The zero-order valence-electron chi connectivity index (χ0n) is 13.7. The molecule has 2 aromatic rings. The molecule has 124 valence electrons. The van der Waals surface area contributed by atoms with Crippen LogP contribution in [0.2, 0.25) is 0 Å². The number of aliphatic carboxylic acids is 1. The molecule has 1 aromatic heterocycles. The van der Waals surface area contributed by atoms with E-state index in [1.807, 2.05) is 39.0 Å². The maximum Gasteiger partial charge on any atom is 0.326 e. The van der Waals surface area contributed by atoms with Crippen molar-refractivity contribution in [2.45, 2.75) is 33.2 Å². The molecule has 2 N–H and O–H groups in total. The minimum atomic E-state index is -1.01. The number of rotatable bonds is 6. The number of thiophene rings is 1. The second-order valence-electron chi connectivity index (χ2n) is 5.59. The summed E-state index contributed by atoms with van der Waals surface area (Å²) < 4.78 is 6.19. The number of nitrogens with one attached hydrogen (secondary N) is 1. The van der Waals surface area contributed by atoms with E-state index >= 15 is 0 Å². The molecule has 0 aliphatic carbocycles. The van der Waals surface area contributed by atoms with Gasteiger partial charge in [-0.1, -0.05) is 20.3 Å². The molecule has 2 unspecified atom stereocenters. The van der Waals surface area contributed by atoms with Gasteiger partial charge in [0.05, 0.1) is 12.0 Å². The largest absolute Gasteiger partial charge is 0.497 e. The Kier molecular flexibility index (Phi) is 5.26. The van der Waals surface area contributed by atoms with Crippen LogP contribution in [0, 0.1) is 12.8 Å². The molecule has 0 aliphatic rings. The summed E-state index contributed by atoms with van der Waals surface area (Å²) in [6.07, 6.45) is 0.680. The molecule has 0 saturated heterocycles. The molecule has 0 fully saturated rings. The highest BCUT2D eigenvalue weighted by Crippen LogP contribution is 2.33. The molecule has 1 amide bonds. The Morgan fingerprint density at radius 1 is 1.39 bits per heavy atom. The Hall–Kier alpha value is -2.08. The summed E-state index contributed by atoms with van der Waals surface area (Å²) in [6.45, 7) is 5.59. The number of aryl methyl sites for hydroxylation is 1. The van der Waals surface area contributed by atoms with Gasteiger partial charge < -0.3 is 15.2 Å². The summed E-state index contributed by atoms with van der Waals surface area (Å²) in [4.78, 5) is 24.5. The lowest BCUT2D eigenvalue weighted by Crippen LogP contribution is -2.44. The van der Waals surface area contributed by atoms with Gasteiger partial charge >= 0.3 is 5.97 Å². The maximum atomic E-state index is 12.5. The van der Waals surface area contributed by atoms with Crippen molar-refractivity contribution in [3.05, 3.63) is 28.6 Å². The number of methoxy groups -OCH3 is 1. The van der Waals surface area contributed by atoms with Crippen LogP contribution >= 0.6 is 11.3 Å². The Labute approximate surface area is 139 Å². The minimum absolute atomic E-state index is 0.133. The third-order valence-electron chi connectivity index (χ3n) is 4.12. The van der Waals surface area contributed by atoms with Crippen molar-refractivity contribution in [1.82, 2.24) is 5.32 Å². The predicted molar refractivity (Wildman–Crippen MR) is 91.5 cm³/mol. The summed E-state index contributed by atoms with van der Waals surface area (Å²) in [7, 11) is 1.60. The first-order valence-electron chi connectivity index (χ1n) is 7.49. The molecule has 2 rings (SSSR count). The maximum absolute atomic E-state index is 12.5. The van der Waals surface area contributed by atoms with Crippen LogP contribution in [0.1, 0.15) is 35.5 Å². The smallest absolute Gasteiger partial charge is 0.326 e. The molecule has 0 radical (unpaired) electrons. The van der Waals surface area contributed by atoms with E-state index in [1.54, 1.807) is 7.11 Å². The van der Waals surface area contributed by atoms with Gasteiger partial charge in [0.15, 0.2) is 0 Å². The van der Waals surface area contributed by atoms with Gasteiger partial charge in [-0.15, -0.1) is 11.3 Å². The van der Waals surface area contributed by atoms with Crippen molar-refractivity contribution in [2.24, 2.45) is 5.92 Å². The molecule has 5 nitrogen and oxygen atoms in total. The quantitative estimate of drug-likeness (QED) is 0.848. The van der Waals surface area contributed by atoms with Crippen molar-refractivity contribution in [2.75, 3.05) is 7.11 Å². The zero-order chi connectivity index (χ0) is 17.1. The average Bonchev–Trinajstić information content (AvgIpc) is 2.87. The molecule has 0 bridgehead atoms. The van der Waals surface area contributed by atoms with Crippen molar-refractivity contribution in [3.8, 4) is 5.75 Å². The average molecular weight is 335 g/mol. The summed E-state index contributed by atoms with van der Waals surface area (Å²) in [5.41, 5.74) is 0.842. The van der Waals surface area contributed by atoms with Gasteiger partial charge in [-0.05, 0) is 42.0 Å². The van der Waals surface area contributed by atoms with E-state index in [2.05, 4.69) is 5.32 Å². The lowest BCUT2D eigenvalue weighted by Gasteiger charge is -2.19. The van der Waals surface area contributed by atoms with Gasteiger partial charge in [0.2, 0.25) is 0 Å². The molecule has 0 spiro atoms. The van der Waals surface area contributed by atoms with Crippen molar-refractivity contribution in [1.29, 1.82) is 0 Å². The van der Waals surface area contributed by atoms with Crippen molar-refractivity contribution >= 4 is 33.3 Å². The van der Waals surface area contributed by atoms with Crippen LogP contribution in [-0.2, 0) is 4.79 Å². The molecular formula is C17H21NO4S. The van der Waals surface area contributed by atoms with Crippen LogP contribution in [-0.4, -0.2) is 30.1 Å². The van der Waals surface area contributed by atoms with Gasteiger partial charge in [0.25, 0.3) is 5.91 Å². The number of hydrogen-bond acceptors (Lipinski definition) is 4. The van der Waals surface area contributed by atoms with Crippen LogP contribution in [0.4, 0.5) is 0 Å². The number of carbonyl (C=O) groups is 2. The molecular weight excluding hydrogens is 314 g/mol. The normalized spacial score (nSPS) is 13.6. The van der Waals surface area contributed by atoms with Crippen LogP contribution in [0.5, 0.6) is 5.75 Å². The van der Waals surface area contributed by atoms with E-state index in [0.29, 0.717) is 11.3 Å². The Morgan fingerprint density at radius 3 is 2.65 bits per heavy atom. The highest BCUT2D eigenvalue weighted by Gasteiger charge is 2.27. The Morgan fingerprint density at radius 2 is 2.09 bits per heavy atom. The third kappa shape index (κ3) is 3.47. The van der Waals surface area contributed by atoms with Crippen LogP contribution in [0.3, 0.4) is 0 Å². The molecule has 0 saturated carbocycles. The number of ether oxygens (including phenoxy) is 1. The van der Waals surface area contributed by atoms with Crippen LogP contribution in [0.15, 0.2) is 18.2 Å². The van der Waals surface area contributed by atoms with E-state index in [4.69, 9.17) is 4.74 Å². The minimum Gasteiger partial charge on any atom is -0.497 e. The first-order chi connectivity index (χ1) is 10.9. The highest BCUT2D eigenvalue weighted by atomic mass is 32.1. The molecule has 0 aliphatic heterocycles. The predicted octanol–water partition coefficient (Wildman–Crippen LogP) is 3.45. The summed E-state index contributed by atoms with van der Waals surface area (Å²) in [5, 5.41) is 12.9. The molecule has 23 heavy (non-hydrogen) atoms. The second kappa shape index (κ2) is 7.00. The second-order valence-corrected chi connectivity index (χ2v) is 6.65. The van der Waals surface area contributed by atoms with Crippen LogP contribution in [0.25, 0.3) is 10.1 Å². The number of benzene rings is 1. The number of carbonyl (C=O) groups excluding carboxylic acids is 1. The number of carboxylic acid groups (broad SMARTS) is 1. The third-order valence-corrected chi connectivity index (χ3v) is 5.39. The first kappa shape index (κ1) is 17.3. The number of amides is 1. The zero-order valence-corrected chi connectivity index (χ0v) is 14.5. The topological polar surface area (TPSA) is 75.6 Å². The fourth-order valence-corrected chi connectivity index (χ4v) is 3.53. The standard InChI is InChI=1S/C17H21NO4S/c1-5-9(2)14(17(20)21)18-16(19)15-10(3)12-8-11(22-4)6-7-13(12)23-15/h6-9,14H,5H2,1-4H3,(H,18,19)(H,20,21). The summed E-state index contributed by atoms with van der Waals surface area (Å²) >= 11 is 1.36. The van der Waals surface area contributed by atoms with E-state index in [0.717, 1.165) is 21.4 Å². The van der Waals surface area contributed by atoms with Gasteiger partial charge in [-0.2, -0.15) is 0 Å². The number of hydrogen-bond donors (Lipinski definition) is 2. The highest BCUT2D eigenvalue weighted by molar-refractivity contribution is 7.21. The van der Waals surface area contributed by atoms with E-state index in [-0.39, 0.29) is 11.8 Å². The Bertz CT molecular complexity index is 738. The molecule has 1 aromatic carbocycles. The Balaban J connectivity index is 2.34. The van der Waals surface area contributed by atoms with Gasteiger partial charge in [0.1, 0.15) is 11.8 Å². The lowest BCUT2D eigenvalue weighted by atomic mass is 9.99. The number of carboxylic acids is 1. The van der Waals surface area contributed by atoms with Gasteiger partial charge in [-0.25, -0.2) is 4.79 Å². The molecule has 6 heteroatoms. The SMILES string of the molecule is CCC(C)C(NC(=O)c1sc2ccc(OC)cc2c1C)C(=O)O. The summed E-state index contributed by atoms with van der Waals surface area (Å²) in [6, 6.07) is 4.76. The lowest BCUT2D eigenvalue weighted by molar-refractivity contribution is -0.140. The molecule has 2 atom stereocenters.